The number of aryl methyl sites for hydroxylation is 1. The first kappa shape index (κ1) is 20.7. The fourth-order valence-electron chi connectivity index (χ4n) is 3.68. The molecule has 0 saturated carbocycles. The number of hydrogen-bond donors (Lipinski definition) is 0. The van der Waals surface area contributed by atoms with Gasteiger partial charge in [-0.2, -0.15) is 0 Å². The van der Waals surface area contributed by atoms with Crippen molar-refractivity contribution in [2.24, 2.45) is 0 Å². The molecule has 3 aromatic rings. The predicted octanol–water partition coefficient (Wildman–Crippen LogP) is 2.94. The second kappa shape index (κ2) is 9.04. The van der Waals surface area contributed by atoms with E-state index in [2.05, 4.69) is 19.8 Å². The van der Waals surface area contributed by atoms with Crippen LogP contribution >= 0.6 is 0 Å². The number of hydrogen-bond acceptors (Lipinski definition) is 6. The van der Waals surface area contributed by atoms with Crippen molar-refractivity contribution < 1.29 is 8.42 Å². The molecule has 0 radical (unpaired) electrons. The highest BCUT2D eigenvalue weighted by molar-refractivity contribution is 7.91. The highest BCUT2D eigenvalue weighted by atomic mass is 32.2. The van der Waals surface area contributed by atoms with Crippen LogP contribution in [0.25, 0.3) is 0 Å². The Kier molecular flexibility index (Phi) is 6.22. The van der Waals surface area contributed by atoms with Gasteiger partial charge in [-0.25, -0.2) is 13.4 Å². The molecule has 1 aliphatic rings. The zero-order valence-corrected chi connectivity index (χ0v) is 17.9. The normalized spacial score (nSPS) is 15.9. The number of benzene rings is 1. The average molecular weight is 423 g/mol. The van der Waals surface area contributed by atoms with Gasteiger partial charge in [0.05, 0.1) is 10.6 Å². The fourth-order valence-corrected chi connectivity index (χ4v) is 5.08. The van der Waals surface area contributed by atoms with Crippen molar-refractivity contribution >= 4 is 9.84 Å². The minimum atomic E-state index is -3.65. The van der Waals surface area contributed by atoms with Gasteiger partial charge in [0.15, 0.2) is 5.03 Å². The molecule has 0 spiro atoms. The number of aromatic nitrogens is 2. The summed E-state index contributed by atoms with van der Waals surface area (Å²) in [6, 6.07) is 16.6. The smallest absolute Gasteiger partial charge is 0.224 e. The summed E-state index contributed by atoms with van der Waals surface area (Å²) in [5.41, 5.74) is 2.85. The Morgan fingerprint density at radius 1 is 0.800 bits per heavy atom. The first-order chi connectivity index (χ1) is 14.5. The molecule has 7 heteroatoms. The molecule has 1 saturated heterocycles. The van der Waals surface area contributed by atoms with Gasteiger partial charge in [-0.15, -0.1) is 0 Å². The third-order valence-electron chi connectivity index (χ3n) is 5.41. The molecule has 6 nitrogen and oxygen atoms in total. The fraction of sp³-hybridized carbons (Fsp3) is 0.304. The number of nitrogens with zero attached hydrogens (tertiary/aromatic N) is 4. The summed E-state index contributed by atoms with van der Waals surface area (Å²) < 4.78 is 26.3. The summed E-state index contributed by atoms with van der Waals surface area (Å²) in [6.07, 6.45) is 3.37. The Morgan fingerprint density at radius 2 is 1.47 bits per heavy atom. The molecular formula is C23H26N4O2S. The Balaban J connectivity index is 1.44. The van der Waals surface area contributed by atoms with Crippen molar-refractivity contribution in [2.45, 2.75) is 29.9 Å². The van der Waals surface area contributed by atoms with Crippen LogP contribution in [-0.2, 0) is 22.9 Å². The van der Waals surface area contributed by atoms with Gasteiger partial charge in [-0.3, -0.25) is 14.8 Å². The van der Waals surface area contributed by atoms with Crippen LogP contribution in [0.2, 0.25) is 0 Å². The van der Waals surface area contributed by atoms with Gasteiger partial charge in [0.25, 0.3) is 0 Å². The lowest BCUT2D eigenvalue weighted by molar-refractivity contribution is 0.120. The largest absolute Gasteiger partial charge is 0.296 e. The van der Waals surface area contributed by atoms with Crippen LogP contribution in [0, 0.1) is 6.92 Å². The first-order valence-electron chi connectivity index (χ1n) is 10.1. The third kappa shape index (κ3) is 4.75. The highest BCUT2D eigenvalue weighted by Gasteiger charge is 2.25. The second-order valence-corrected chi connectivity index (χ2v) is 9.52. The quantitative estimate of drug-likeness (QED) is 0.609. The third-order valence-corrected chi connectivity index (χ3v) is 7.18. The lowest BCUT2D eigenvalue weighted by Crippen LogP contribution is -2.45. The van der Waals surface area contributed by atoms with Gasteiger partial charge in [0.1, 0.15) is 0 Å². The Morgan fingerprint density at radius 3 is 2.13 bits per heavy atom. The molecule has 30 heavy (non-hydrogen) atoms. The van der Waals surface area contributed by atoms with E-state index in [1.807, 2.05) is 49.5 Å². The molecule has 1 aliphatic heterocycles. The van der Waals surface area contributed by atoms with Crippen LogP contribution in [0.5, 0.6) is 0 Å². The minimum Gasteiger partial charge on any atom is -0.296 e. The lowest BCUT2D eigenvalue weighted by atomic mass is 10.2. The van der Waals surface area contributed by atoms with Crippen molar-refractivity contribution in [3.8, 4) is 0 Å². The van der Waals surface area contributed by atoms with Crippen molar-refractivity contribution in [3.05, 3.63) is 83.8 Å². The van der Waals surface area contributed by atoms with E-state index in [1.165, 1.54) is 0 Å². The number of piperazine rings is 1. The zero-order chi connectivity index (χ0) is 21.0. The SMILES string of the molecule is Cc1ccc(S(=O)(=O)c2ncccc2CN2CCN(Cc3ccccn3)CC2)cc1. The van der Waals surface area contributed by atoms with Crippen molar-refractivity contribution in [3.63, 3.8) is 0 Å². The van der Waals surface area contributed by atoms with E-state index in [9.17, 15) is 8.42 Å². The summed E-state index contributed by atoms with van der Waals surface area (Å²) in [7, 11) is -3.65. The summed E-state index contributed by atoms with van der Waals surface area (Å²) in [6.45, 7) is 6.97. The molecule has 0 aliphatic carbocycles. The van der Waals surface area contributed by atoms with E-state index in [0.717, 1.165) is 49.5 Å². The summed E-state index contributed by atoms with van der Waals surface area (Å²) in [4.78, 5) is 13.6. The van der Waals surface area contributed by atoms with Gasteiger partial charge in [0, 0.05) is 57.2 Å². The highest BCUT2D eigenvalue weighted by Crippen LogP contribution is 2.24. The molecule has 0 atom stereocenters. The maximum absolute atomic E-state index is 13.2. The minimum absolute atomic E-state index is 0.157. The van der Waals surface area contributed by atoms with Crippen LogP contribution in [-0.4, -0.2) is 54.4 Å². The summed E-state index contributed by atoms with van der Waals surface area (Å²) in [5, 5.41) is 0.157. The molecule has 2 aromatic heterocycles. The van der Waals surface area contributed by atoms with Crippen molar-refractivity contribution in [1.82, 2.24) is 19.8 Å². The number of rotatable bonds is 6. The van der Waals surface area contributed by atoms with E-state index in [0.29, 0.717) is 6.54 Å². The molecule has 3 heterocycles. The van der Waals surface area contributed by atoms with Gasteiger partial charge >= 0.3 is 0 Å². The van der Waals surface area contributed by atoms with Gasteiger partial charge in [0.2, 0.25) is 9.84 Å². The van der Waals surface area contributed by atoms with Crippen LogP contribution < -0.4 is 0 Å². The predicted molar refractivity (Wildman–Crippen MR) is 116 cm³/mol. The van der Waals surface area contributed by atoms with Gasteiger partial charge < -0.3 is 0 Å². The summed E-state index contributed by atoms with van der Waals surface area (Å²) >= 11 is 0. The molecule has 4 rings (SSSR count). The lowest BCUT2D eigenvalue weighted by Gasteiger charge is -2.34. The van der Waals surface area contributed by atoms with Crippen LogP contribution in [0.4, 0.5) is 0 Å². The maximum atomic E-state index is 13.2. The van der Waals surface area contributed by atoms with Crippen molar-refractivity contribution in [1.29, 1.82) is 0 Å². The Bertz CT molecular complexity index is 1080. The molecule has 0 N–H and O–H groups in total. The van der Waals surface area contributed by atoms with E-state index in [-0.39, 0.29) is 9.92 Å². The standard InChI is InChI=1S/C23H26N4O2S/c1-19-7-9-22(10-8-19)30(28,29)23-20(5-4-12-25-23)17-26-13-15-27(16-14-26)18-21-6-2-3-11-24-21/h2-12H,13-18H2,1H3. The monoisotopic (exact) mass is 422 g/mol. The van der Waals surface area contributed by atoms with Crippen LogP contribution in [0.1, 0.15) is 16.8 Å². The average Bonchev–Trinajstić information content (AvgIpc) is 2.76. The van der Waals surface area contributed by atoms with E-state index in [4.69, 9.17) is 0 Å². The molecule has 0 bridgehead atoms. The molecule has 1 fully saturated rings. The number of pyridine rings is 2. The molecule has 156 valence electrons. The summed E-state index contributed by atoms with van der Waals surface area (Å²) in [5.74, 6) is 0. The zero-order valence-electron chi connectivity index (χ0n) is 17.1. The maximum Gasteiger partial charge on any atom is 0.224 e. The van der Waals surface area contributed by atoms with Gasteiger partial charge in [-0.1, -0.05) is 29.8 Å². The van der Waals surface area contributed by atoms with Crippen molar-refractivity contribution in [2.75, 3.05) is 26.2 Å². The van der Waals surface area contributed by atoms with Crippen LogP contribution in [0.3, 0.4) is 0 Å². The molecular weight excluding hydrogens is 396 g/mol. The first-order valence-corrected chi connectivity index (χ1v) is 11.6. The van der Waals surface area contributed by atoms with Crippen LogP contribution in [0.15, 0.2) is 76.9 Å². The van der Waals surface area contributed by atoms with Gasteiger partial charge in [-0.05, 0) is 37.3 Å². The Labute approximate surface area is 178 Å². The molecule has 0 amide bonds. The Hall–Kier alpha value is -2.61. The van der Waals surface area contributed by atoms with E-state index < -0.39 is 9.84 Å². The second-order valence-electron chi connectivity index (χ2n) is 7.66. The number of sulfone groups is 1. The molecule has 0 unspecified atom stereocenters. The molecule has 1 aromatic carbocycles. The topological polar surface area (TPSA) is 66.4 Å². The van der Waals surface area contributed by atoms with E-state index in [1.54, 1.807) is 24.4 Å². The van der Waals surface area contributed by atoms with E-state index >= 15 is 0 Å².